The predicted octanol–water partition coefficient (Wildman–Crippen LogP) is 2.55. The lowest BCUT2D eigenvalue weighted by molar-refractivity contribution is -0.0364. The molecule has 1 aromatic carbocycles. The number of benzene rings is 1. The molecule has 0 aliphatic heterocycles. The third-order valence-electron chi connectivity index (χ3n) is 6.34. The van der Waals surface area contributed by atoms with Crippen molar-refractivity contribution >= 4 is 45.2 Å². The van der Waals surface area contributed by atoms with E-state index in [9.17, 15) is 10.2 Å². The summed E-state index contributed by atoms with van der Waals surface area (Å²) in [5.41, 5.74) is 12.3. The van der Waals surface area contributed by atoms with Crippen molar-refractivity contribution in [3.8, 4) is 5.75 Å². The molecule has 4 aromatic rings. The zero-order valence-corrected chi connectivity index (χ0v) is 18.1. The van der Waals surface area contributed by atoms with Crippen molar-refractivity contribution in [1.29, 1.82) is 0 Å². The molecule has 3 aromatic heterocycles. The average Bonchev–Trinajstić information content (AvgIpc) is 3.29. The van der Waals surface area contributed by atoms with Gasteiger partial charge in [0.05, 0.1) is 34.7 Å². The maximum absolute atomic E-state index is 10.9. The van der Waals surface area contributed by atoms with Crippen LogP contribution in [-0.2, 0) is 0 Å². The fraction of sp³-hybridized carbons (Fsp3) is 0.318. The van der Waals surface area contributed by atoms with Gasteiger partial charge in [-0.1, -0.05) is 18.5 Å². The third kappa shape index (κ3) is 3.29. The smallest absolute Gasteiger partial charge is 0.145 e. The van der Waals surface area contributed by atoms with Gasteiger partial charge in [0.2, 0.25) is 0 Å². The Morgan fingerprint density at radius 3 is 2.81 bits per heavy atom. The number of fused-ring (bicyclic) bond motifs is 2. The Morgan fingerprint density at radius 2 is 2.00 bits per heavy atom. The SMILES string of the molecule is C[C@]1(COc2ccc3cc(Cl)c(N)nc3c2)C[C@@H](n2ccc3c(N)ncnc32)[C@H](O)[C@@H]1O. The van der Waals surface area contributed by atoms with Crippen LogP contribution in [0.4, 0.5) is 11.6 Å². The Balaban J connectivity index is 1.38. The number of halogens is 1. The predicted molar refractivity (Wildman–Crippen MR) is 122 cm³/mol. The monoisotopic (exact) mass is 454 g/mol. The van der Waals surface area contributed by atoms with Gasteiger partial charge in [0.15, 0.2) is 0 Å². The molecule has 5 rings (SSSR count). The first-order chi connectivity index (χ1) is 15.3. The fourth-order valence-electron chi connectivity index (χ4n) is 4.48. The topological polar surface area (TPSA) is 145 Å². The molecule has 0 bridgehead atoms. The van der Waals surface area contributed by atoms with Gasteiger partial charge < -0.3 is 31.0 Å². The highest BCUT2D eigenvalue weighted by Crippen LogP contribution is 2.46. The molecule has 1 aliphatic carbocycles. The summed E-state index contributed by atoms with van der Waals surface area (Å²) in [6.45, 7) is 2.10. The van der Waals surface area contributed by atoms with Crippen molar-refractivity contribution in [2.45, 2.75) is 31.6 Å². The van der Waals surface area contributed by atoms with Crippen molar-refractivity contribution in [1.82, 2.24) is 19.5 Å². The summed E-state index contributed by atoms with van der Waals surface area (Å²) in [6.07, 6.45) is 1.71. The highest BCUT2D eigenvalue weighted by Gasteiger charge is 2.51. The summed E-state index contributed by atoms with van der Waals surface area (Å²) in [5, 5.41) is 23.7. The number of aromatic nitrogens is 4. The van der Waals surface area contributed by atoms with Gasteiger partial charge in [0.25, 0.3) is 0 Å². The molecule has 6 N–H and O–H groups in total. The minimum Gasteiger partial charge on any atom is -0.493 e. The first-order valence-electron chi connectivity index (χ1n) is 10.2. The van der Waals surface area contributed by atoms with Crippen molar-refractivity contribution in [3.05, 3.63) is 47.9 Å². The summed E-state index contributed by atoms with van der Waals surface area (Å²) >= 11 is 6.04. The van der Waals surface area contributed by atoms with Crippen LogP contribution in [0.2, 0.25) is 5.02 Å². The maximum Gasteiger partial charge on any atom is 0.145 e. The van der Waals surface area contributed by atoms with Crippen LogP contribution < -0.4 is 16.2 Å². The van der Waals surface area contributed by atoms with E-state index in [1.54, 1.807) is 12.1 Å². The van der Waals surface area contributed by atoms with E-state index >= 15 is 0 Å². The lowest BCUT2D eigenvalue weighted by Crippen LogP contribution is -2.38. The van der Waals surface area contributed by atoms with E-state index < -0.39 is 17.6 Å². The summed E-state index contributed by atoms with van der Waals surface area (Å²) in [4.78, 5) is 12.6. The quantitative estimate of drug-likeness (QED) is 0.368. The third-order valence-corrected chi connectivity index (χ3v) is 6.65. The minimum absolute atomic E-state index is 0.201. The number of aliphatic hydroxyl groups excluding tert-OH is 2. The van der Waals surface area contributed by atoms with E-state index in [4.69, 9.17) is 27.8 Å². The number of nitrogens with zero attached hydrogens (tertiary/aromatic N) is 4. The van der Waals surface area contributed by atoms with Gasteiger partial charge in [0, 0.05) is 23.1 Å². The Labute approximate surface area is 188 Å². The van der Waals surface area contributed by atoms with Crippen molar-refractivity contribution in [2.75, 3.05) is 18.1 Å². The van der Waals surface area contributed by atoms with Gasteiger partial charge in [-0.25, -0.2) is 15.0 Å². The number of nitrogens with two attached hydrogens (primary N) is 2. The molecular formula is C22H23ClN6O3. The molecule has 0 saturated heterocycles. The Morgan fingerprint density at radius 1 is 1.19 bits per heavy atom. The van der Waals surface area contributed by atoms with E-state index in [2.05, 4.69) is 15.0 Å². The number of rotatable bonds is 4. The zero-order valence-electron chi connectivity index (χ0n) is 17.3. The van der Waals surface area contributed by atoms with Crippen molar-refractivity contribution in [3.63, 3.8) is 0 Å². The van der Waals surface area contributed by atoms with Crippen molar-refractivity contribution in [2.24, 2.45) is 5.41 Å². The Hall–Kier alpha value is -3.14. The summed E-state index contributed by atoms with van der Waals surface area (Å²) < 4.78 is 7.87. The molecule has 1 saturated carbocycles. The Bertz CT molecular complexity index is 1330. The maximum atomic E-state index is 10.9. The molecule has 32 heavy (non-hydrogen) atoms. The van der Waals surface area contributed by atoms with Gasteiger partial charge in [-0.2, -0.15) is 0 Å². The lowest BCUT2D eigenvalue weighted by atomic mass is 9.87. The molecule has 0 amide bonds. The van der Waals surface area contributed by atoms with Crippen molar-refractivity contribution < 1.29 is 14.9 Å². The summed E-state index contributed by atoms with van der Waals surface area (Å²) in [7, 11) is 0. The second-order valence-electron chi connectivity index (χ2n) is 8.58. The van der Waals surface area contributed by atoms with Crippen LogP contribution in [0.25, 0.3) is 21.9 Å². The average molecular weight is 455 g/mol. The van der Waals surface area contributed by atoms with Crippen LogP contribution in [-0.4, -0.2) is 48.5 Å². The molecule has 3 heterocycles. The Kier molecular flexibility index (Phi) is 4.85. The van der Waals surface area contributed by atoms with Crippen LogP contribution in [0.3, 0.4) is 0 Å². The molecule has 0 radical (unpaired) electrons. The van der Waals surface area contributed by atoms with Crippen LogP contribution in [0.5, 0.6) is 5.75 Å². The molecule has 166 valence electrons. The molecule has 0 spiro atoms. The molecule has 9 nitrogen and oxygen atoms in total. The molecule has 10 heteroatoms. The van der Waals surface area contributed by atoms with Crippen LogP contribution in [0.15, 0.2) is 42.9 Å². The van der Waals surface area contributed by atoms with E-state index in [-0.39, 0.29) is 18.5 Å². The zero-order chi connectivity index (χ0) is 22.6. The van der Waals surface area contributed by atoms with Crippen LogP contribution in [0, 0.1) is 5.41 Å². The molecule has 4 atom stereocenters. The molecular weight excluding hydrogens is 432 g/mol. The normalized spacial score (nSPS) is 25.6. The standard InChI is InChI=1S/C22H23ClN6O3/c1-22(9-32-12-3-2-11-6-14(23)20(25)28-15(11)7-12)8-16(17(30)18(22)31)29-5-4-13-19(24)26-10-27-21(13)29/h2-7,10,16-18,30-31H,8-9H2,1H3,(H2,25,28)(H2,24,26,27)/t16-,17+,18+,22-/m1/s1. The lowest BCUT2D eigenvalue weighted by Gasteiger charge is -2.28. The van der Waals surface area contributed by atoms with E-state index in [1.165, 1.54) is 6.33 Å². The largest absolute Gasteiger partial charge is 0.493 e. The number of hydrogen-bond donors (Lipinski definition) is 4. The number of ether oxygens (including phenoxy) is 1. The number of hydrogen-bond acceptors (Lipinski definition) is 8. The first kappa shape index (κ1) is 20.7. The number of aliphatic hydroxyl groups is 2. The summed E-state index contributed by atoms with van der Waals surface area (Å²) in [5.74, 6) is 1.22. The van der Waals surface area contributed by atoms with Gasteiger partial charge in [-0.05, 0) is 30.7 Å². The first-order valence-corrected chi connectivity index (χ1v) is 10.6. The van der Waals surface area contributed by atoms with Crippen LogP contribution in [0.1, 0.15) is 19.4 Å². The number of nitrogen functional groups attached to an aromatic ring is 2. The van der Waals surface area contributed by atoms with Crippen LogP contribution >= 0.6 is 11.6 Å². The second-order valence-corrected chi connectivity index (χ2v) is 8.99. The van der Waals surface area contributed by atoms with Gasteiger partial charge in [-0.3, -0.25) is 0 Å². The fourth-order valence-corrected chi connectivity index (χ4v) is 4.64. The highest BCUT2D eigenvalue weighted by atomic mass is 35.5. The number of anilines is 2. The van der Waals surface area contributed by atoms with Gasteiger partial charge in [-0.15, -0.1) is 0 Å². The summed E-state index contributed by atoms with van der Waals surface area (Å²) in [6, 6.07) is 8.63. The van der Waals surface area contributed by atoms with E-state index in [0.717, 1.165) is 5.39 Å². The number of pyridine rings is 1. The van der Waals surface area contributed by atoms with Gasteiger partial charge in [0.1, 0.15) is 35.5 Å². The van der Waals surface area contributed by atoms with E-state index in [1.807, 2.05) is 35.9 Å². The minimum atomic E-state index is -0.990. The molecule has 0 unspecified atom stereocenters. The highest BCUT2D eigenvalue weighted by molar-refractivity contribution is 6.33. The molecule has 1 fully saturated rings. The van der Waals surface area contributed by atoms with Gasteiger partial charge >= 0.3 is 0 Å². The van der Waals surface area contributed by atoms with E-state index in [0.29, 0.717) is 39.6 Å². The molecule has 1 aliphatic rings. The second kappa shape index (κ2) is 7.47.